The highest BCUT2D eigenvalue weighted by Gasteiger charge is 2.23. The molecule has 160 valence electrons. The summed E-state index contributed by atoms with van der Waals surface area (Å²) in [5.41, 5.74) is 3.12. The van der Waals surface area contributed by atoms with E-state index >= 15 is 0 Å². The van der Waals surface area contributed by atoms with Gasteiger partial charge in [-0.25, -0.2) is 8.42 Å². The highest BCUT2D eigenvalue weighted by Crippen LogP contribution is 2.32. The first kappa shape index (κ1) is 21.1. The van der Waals surface area contributed by atoms with Crippen LogP contribution in [0.5, 0.6) is 5.75 Å². The van der Waals surface area contributed by atoms with Crippen LogP contribution >= 0.6 is 0 Å². The maximum absolute atomic E-state index is 11.7. The van der Waals surface area contributed by atoms with Crippen LogP contribution in [0.3, 0.4) is 0 Å². The number of rotatable bonds is 6. The number of fused-ring (bicyclic) bond motifs is 1. The molecule has 1 unspecified atom stereocenters. The van der Waals surface area contributed by atoms with E-state index in [1.165, 1.54) is 45.0 Å². The van der Waals surface area contributed by atoms with Gasteiger partial charge in [0.25, 0.3) is 0 Å². The molecule has 0 aromatic heterocycles. The molecule has 1 saturated heterocycles. The molecular weight excluding hydrogens is 394 g/mol. The quantitative estimate of drug-likeness (QED) is 0.650. The third-order valence-electron chi connectivity index (χ3n) is 6.24. The van der Waals surface area contributed by atoms with Gasteiger partial charge in [0, 0.05) is 18.4 Å². The monoisotopic (exact) mass is 425 g/mol. The second-order valence-electron chi connectivity index (χ2n) is 8.60. The number of benzene rings is 2. The molecule has 4 rings (SSSR count). The van der Waals surface area contributed by atoms with Crippen molar-refractivity contribution in [1.29, 1.82) is 0 Å². The summed E-state index contributed by atoms with van der Waals surface area (Å²) in [4.78, 5) is 2.87. The van der Waals surface area contributed by atoms with E-state index in [4.69, 9.17) is 4.74 Å². The third kappa shape index (κ3) is 4.96. The van der Waals surface area contributed by atoms with Crippen LogP contribution in [0.25, 0.3) is 17.2 Å². The largest absolute Gasteiger partial charge is 0.484 e. The lowest BCUT2D eigenvalue weighted by atomic mass is 9.92. The molecule has 0 radical (unpaired) electrons. The molecule has 2 aliphatic heterocycles. The van der Waals surface area contributed by atoms with Gasteiger partial charge in [0.1, 0.15) is 11.9 Å². The standard InChI is InChI=1S/C25H31NO3S/c1-3-4-19-13-15-26(16-14-19)18-23-9-5-22-17-21(8-12-25(22)29-23)20-6-10-24(11-7-20)30(2,27)28/h5-12,17,19,23H,3-4,13-16,18H2,1-2H3. The van der Waals surface area contributed by atoms with Gasteiger partial charge in [0.05, 0.1) is 4.90 Å². The first-order valence-corrected chi connectivity index (χ1v) is 12.8. The van der Waals surface area contributed by atoms with Gasteiger partial charge in [0.15, 0.2) is 9.84 Å². The zero-order valence-electron chi connectivity index (χ0n) is 17.9. The summed E-state index contributed by atoms with van der Waals surface area (Å²) in [6.45, 7) is 5.57. The van der Waals surface area contributed by atoms with Gasteiger partial charge in [-0.1, -0.05) is 44.0 Å². The Balaban J connectivity index is 1.40. The Kier molecular flexibility index (Phi) is 6.30. The molecule has 2 heterocycles. The second-order valence-corrected chi connectivity index (χ2v) is 10.6. The van der Waals surface area contributed by atoms with Crippen molar-refractivity contribution in [3.8, 4) is 16.9 Å². The Hall–Kier alpha value is -2.11. The van der Waals surface area contributed by atoms with Gasteiger partial charge < -0.3 is 4.74 Å². The van der Waals surface area contributed by atoms with Crippen molar-refractivity contribution in [2.24, 2.45) is 5.92 Å². The highest BCUT2D eigenvalue weighted by atomic mass is 32.2. The molecule has 4 nitrogen and oxygen atoms in total. The minimum absolute atomic E-state index is 0.0973. The van der Waals surface area contributed by atoms with Crippen LogP contribution in [-0.4, -0.2) is 45.3 Å². The van der Waals surface area contributed by atoms with Crippen molar-refractivity contribution >= 4 is 15.9 Å². The van der Waals surface area contributed by atoms with Crippen molar-refractivity contribution < 1.29 is 13.2 Å². The van der Waals surface area contributed by atoms with E-state index in [2.05, 4.69) is 30.0 Å². The lowest BCUT2D eigenvalue weighted by Crippen LogP contribution is -2.40. The average Bonchev–Trinajstić information content (AvgIpc) is 2.74. The third-order valence-corrected chi connectivity index (χ3v) is 7.37. The Labute approximate surface area is 180 Å². The predicted molar refractivity (Wildman–Crippen MR) is 123 cm³/mol. The molecule has 0 aliphatic carbocycles. The summed E-state index contributed by atoms with van der Waals surface area (Å²) in [5, 5.41) is 0. The van der Waals surface area contributed by atoms with Crippen molar-refractivity contribution in [3.63, 3.8) is 0 Å². The first-order valence-electron chi connectivity index (χ1n) is 10.9. The normalized spacial score (nSPS) is 20.0. The number of ether oxygens (including phenoxy) is 1. The van der Waals surface area contributed by atoms with E-state index in [-0.39, 0.29) is 6.10 Å². The predicted octanol–water partition coefficient (Wildman–Crippen LogP) is 5.04. The van der Waals surface area contributed by atoms with Crippen molar-refractivity contribution in [1.82, 2.24) is 4.90 Å². The van der Waals surface area contributed by atoms with Gasteiger partial charge in [0.2, 0.25) is 0 Å². The Morgan fingerprint density at radius 3 is 2.40 bits per heavy atom. The van der Waals surface area contributed by atoms with E-state index in [1.807, 2.05) is 24.3 Å². The van der Waals surface area contributed by atoms with E-state index in [9.17, 15) is 8.42 Å². The average molecular weight is 426 g/mol. The molecule has 2 aliphatic rings. The minimum atomic E-state index is -3.18. The van der Waals surface area contributed by atoms with Crippen LogP contribution in [0.1, 0.15) is 38.2 Å². The number of likely N-dealkylation sites (tertiary alicyclic amines) is 1. The first-order chi connectivity index (χ1) is 14.4. The fourth-order valence-electron chi connectivity index (χ4n) is 4.49. The number of sulfone groups is 1. The number of hydrogen-bond donors (Lipinski definition) is 0. The number of piperidine rings is 1. The van der Waals surface area contributed by atoms with Gasteiger partial charge >= 0.3 is 0 Å². The molecule has 0 amide bonds. The second kappa shape index (κ2) is 8.94. The molecule has 30 heavy (non-hydrogen) atoms. The molecule has 1 fully saturated rings. The number of hydrogen-bond acceptors (Lipinski definition) is 4. The van der Waals surface area contributed by atoms with Crippen LogP contribution in [-0.2, 0) is 9.84 Å². The summed E-state index contributed by atoms with van der Waals surface area (Å²) in [5.74, 6) is 1.82. The smallest absolute Gasteiger partial charge is 0.175 e. The molecule has 2 aromatic carbocycles. The summed E-state index contributed by atoms with van der Waals surface area (Å²) in [6, 6.07) is 13.2. The molecule has 1 atom stereocenters. The van der Waals surface area contributed by atoms with Crippen molar-refractivity contribution in [3.05, 3.63) is 54.1 Å². The van der Waals surface area contributed by atoms with Crippen LogP contribution in [0.15, 0.2) is 53.4 Å². The van der Waals surface area contributed by atoms with Crippen LogP contribution in [0.4, 0.5) is 0 Å². The van der Waals surface area contributed by atoms with Crippen molar-refractivity contribution in [2.75, 3.05) is 25.9 Å². The lowest BCUT2D eigenvalue weighted by Gasteiger charge is -2.34. The van der Waals surface area contributed by atoms with E-state index in [0.717, 1.165) is 34.9 Å². The summed E-state index contributed by atoms with van der Waals surface area (Å²) in [6.07, 6.45) is 10.9. The fourth-order valence-corrected chi connectivity index (χ4v) is 5.12. The van der Waals surface area contributed by atoms with E-state index < -0.39 is 9.84 Å². The summed E-state index contributed by atoms with van der Waals surface area (Å²) >= 11 is 0. The minimum Gasteiger partial charge on any atom is -0.484 e. The van der Waals surface area contributed by atoms with Gasteiger partial charge in [-0.15, -0.1) is 0 Å². The fraction of sp³-hybridized carbons (Fsp3) is 0.440. The highest BCUT2D eigenvalue weighted by molar-refractivity contribution is 7.90. The molecule has 2 aromatic rings. The zero-order chi connectivity index (χ0) is 21.1. The van der Waals surface area contributed by atoms with Gasteiger partial charge in [-0.2, -0.15) is 0 Å². The zero-order valence-corrected chi connectivity index (χ0v) is 18.7. The molecule has 0 bridgehead atoms. The SMILES string of the molecule is CCCC1CCN(CC2C=Cc3cc(-c4ccc(S(C)(=O)=O)cc4)ccc3O2)CC1. The summed E-state index contributed by atoms with van der Waals surface area (Å²) in [7, 11) is -3.18. The van der Waals surface area contributed by atoms with E-state index in [0.29, 0.717) is 4.90 Å². The Morgan fingerprint density at radius 2 is 1.73 bits per heavy atom. The molecule has 5 heteroatoms. The topological polar surface area (TPSA) is 46.6 Å². The Bertz CT molecular complexity index is 1000. The molecule has 0 saturated carbocycles. The maximum Gasteiger partial charge on any atom is 0.175 e. The van der Waals surface area contributed by atoms with Crippen LogP contribution < -0.4 is 4.74 Å². The van der Waals surface area contributed by atoms with Crippen molar-refractivity contribution in [2.45, 2.75) is 43.6 Å². The lowest BCUT2D eigenvalue weighted by molar-refractivity contribution is 0.123. The van der Waals surface area contributed by atoms with Crippen LogP contribution in [0.2, 0.25) is 0 Å². The van der Waals surface area contributed by atoms with Gasteiger partial charge in [-0.05, 0) is 73.3 Å². The van der Waals surface area contributed by atoms with Crippen LogP contribution in [0, 0.1) is 5.92 Å². The number of nitrogens with zero attached hydrogens (tertiary/aromatic N) is 1. The van der Waals surface area contributed by atoms with Gasteiger partial charge in [-0.3, -0.25) is 4.90 Å². The molecule has 0 spiro atoms. The molecular formula is C25H31NO3S. The maximum atomic E-state index is 11.7. The van der Waals surface area contributed by atoms with E-state index in [1.54, 1.807) is 12.1 Å². The molecule has 0 N–H and O–H groups in total. The summed E-state index contributed by atoms with van der Waals surface area (Å²) < 4.78 is 29.6. The Morgan fingerprint density at radius 1 is 1.03 bits per heavy atom.